The summed E-state index contributed by atoms with van der Waals surface area (Å²) in [4.78, 5) is 10.9. The third-order valence-corrected chi connectivity index (χ3v) is 2.21. The summed E-state index contributed by atoms with van der Waals surface area (Å²) >= 11 is 0. The summed E-state index contributed by atoms with van der Waals surface area (Å²) < 4.78 is 23.0. The van der Waals surface area contributed by atoms with E-state index in [9.17, 15) is 9.18 Å². The minimum absolute atomic E-state index is 0.0335. The molecule has 2 aromatic rings. The van der Waals surface area contributed by atoms with Crippen molar-refractivity contribution in [2.45, 2.75) is 0 Å². The Morgan fingerprint density at radius 3 is 2.94 bits per heavy atom. The number of carbonyl (C=O) groups is 1. The Balaban J connectivity index is 2.63. The monoisotopic (exact) mass is 237 g/mol. The standard InChI is InChI=1S/C11H8FNO4/c1-16-9-3-2-6(12)4-7(9)10-8(11(14)15)5-13-17-10/h2-5H,1H3,(H,14,15). The molecule has 1 N–H and O–H groups in total. The van der Waals surface area contributed by atoms with Gasteiger partial charge in [0.1, 0.15) is 17.1 Å². The second kappa shape index (κ2) is 4.25. The highest BCUT2D eigenvalue weighted by Gasteiger charge is 2.20. The number of aromatic carboxylic acids is 1. The van der Waals surface area contributed by atoms with Gasteiger partial charge in [-0.2, -0.15) is 0 Å². The number of carboxylic acids is 1. The Hall–Kier alpha value is -2.37. The molecule has 0 fully saturated rings. The van der Waals surface area contributed by atoms with Crippen molar-refractivity contribution in [3.8, 4) is 17.1 Å². The summed E-state index contributed by atoms with van der Waals surface area (Å²) in [5.74, 6) is -1.44. The van der Waals surface area contributed by atoms with Gasteiger partial charge in [-0.05, 0) is 18.2 Å². The summed E-state index contributed by atoms with van der Waals surface area (Å²) in [5, 5.41) is 12.3. The van der Waals surface area contributed by atoms with Gasteiger partial charge in [-0.1, -0.05) is 5.16 Å². The van der Waals surface area contributed by atoms with Gasteiger partial charge in [0.2, 0.25) is 0 Å². The van der Waals surface area contributed by atoms with E-state index in [2.05, 4.69) is 5.16 Å². The molecule has 0 saturated carbocycles. The van der Waals surface area contributed by atoms with Crippen LogP contribution in [-0.4, -0.2) is 23.3 Å². The van der Waals surface area contributed by atoms with E-state index in [1.165, 1.54) is 19.2 Å². The fourth-order valence-electron chi connectivity index (χ4n) is 1.44. The van der Waals surface area contributed by atoms with Crippen molar-refractivity contribution in [2.75, 3.05) is 7.11 Å². The smallest absolute Gasteiger partial charge is 0.341 e. The van der Waals surface area contributed by atoms with Gasteiger partial charge in [0.25, 0.3) is 0 Å². The molecule has 0 spiro atoms. The molecule has 0 unspecified atom stereocenters. The summed E-state index contributed by atoms with van der Waals surface area (Å²) in [5.41, 5.74) is 0.0660. The highest BCUT2D eigenvalue weighted by Crippen LogP contribution is 2.32. The van der Waals surface area contributed by atoms with Crippen molar-refractivity contribution in [1.82, 2.24) is 5.16 Å². The summed E-state index contributed by atoms with van der Waals surface area (Å²) in [7, 11) is 1.40. The van der Waals surface area contributed by atoms with Crippen molar-refractivity contribution >= 4 is 5.97 Å². The molecule has 0 radical (unpaired) electrons. The number of aromatic nitrogens is 1. The molecule has 0 aliphatic carbocycles. The summed E-state index contributed by atoms with van der Waals surface area (Å²) in [6.07, 6.45) is 1.06. The van der Waals surface area contributed by atoms with Crippen molar-refractivity contribution < 1.29 is 23.6 Å². The minimum Gasteiger partial charge on any atom is -0.496 e. The lowest BCUT2D eigenvalue weighted by Gasteiger charge is -2.05. The Labute approximate surface area is 95.4 Å². The molecule has 5 nitrogen and oxygen atoms in total. The van der Waals surface area contributed by atoms with E-state index >= 15 is 0 Å². The molecule has 0 aliphatic rings. The van der Waals surface area contributed by atoms with Crippen LogP contribution in [0.25, 0.3) is 11.3 Å². The Bertz CT molecular complexity index is 564. The van der Waals surface area contributed by atoms with Crippen molar-refractivity contribution in [2.24, 2.45) is 0 Å². The van der Waals surface area contributed by atoms with E-state index in [4.69, 9.17) is 14.4 Å². The summed E-state index contributed by atoms with van der Waals surface area (Å²) in [6, 6.07) is 3.73. The largest absolute Gasteiger partial charge is 0.496 e. The number of hydrogen-bond donors (Lipinski definition) is 1. The Morgan fingerprint density at radius 2 is 2.29 bits per heavy atom. The van der Waals surface area contributed by atoms with Crippen LogP contribution in [0.5, 0.6) is 5.75 Å². The maximum absolute atomic E-state index is 13.1. The van der Waals surface area contributed by atoms with Crippen molar-refractivity contribution in [3.05, 3.63) is 35.8 Å². The van der Waals surface area contributed by atoms with E-state index in [0.29, 0.717) is 5.75 Å². The van der Waals surface area contributed by atoms with Crippen LogP contribution in [0.15, 0.2) is 28.9 Å². The molecule has 1 aromatic heterocycles. The topological polar surface area (TPSA) is 72.6 Å². The van der Waals surface area contributed by atoms with Gasteiger partial charge in [-0.25, -0.2) is 9.18 Å². The lowest BCUT2D eigenvalue weighted by Crippen LogP contribution is -1.97. The van der Waals surface area contributed by atoms with Crippen LogP contribution in [0.4, 0.5) is 4.39 Å². The summed E-state index contributed by atoms with van der Waals surface area (Å²) in [6.45, 7) is 0. The fourth-order valence-corrected chi connectivity index (χ4v) is 1.44. The molecule has 1 aromatic carbocycles. The highest BCUT2D eigenvalue weighted by molar-refractivity contribution is 5.94. The normalized spacial score (nSPS) is 10.2. The van der Waals surface area contributed by atoms with Crippen LogP contribution in [-0.2, 0) is 0 Å². The number of halogens is 1. The molecule has 0 aliphatic heterocycles. The molecule has 17 heavy (non-hydrogen) atoms. The van der Waals surface area contributed by atoms with Gasteiger partial charge in [0, 0.05) is 0 Å². The molecule has 0 bridgehead atoms. The molecular formula is C11H8FNO4. The predicted octanol–water partition coefficient (Wildman–Crippen LogP) is 2.19. The highest BCUT2D eigenvalue weighted by atomic mass is 19.1. The molecule has 0 saturated heterocycles. The maximum atomic E-state index is 13.1. The molecule has 2 rings (SSSR count). The molecule has 88 valence electrons. The first-order valence-corrected chi connectivity index (χ1v) is 4.65. The van der Waals surface area contributed by atoms with Crippen LogP contribution in [0.1, 0.15) is 10.4 Å². The third-order valence-electron chi connectivity index (χ3n) is 2.21. The van der Waals surface area contributed by atoms with E-state index in [-0.39, 0.29) is 16.9 Å². The number of rotatable bonds is 3. The van der Waals surface area contributed by atoms with Gasteiger partial charge in [-0.15, -0.1) is 0 Å². The first-order valence-electron chi connectivity index (χ1n) is 4.65. The van der Waals surface area contributed by atoms with E-state index in [0.717, 1.165) is 12.3 Å². The van der Waals surface area contributed by atoms with Gasteiger partial charge in [-0.3, -0.25) is 0 Å². The SMILES string of the molecule is COc1ccc(F)cc1-c1oncc1C(=O)O. The third kappa shape index (κ3) is 1.96. The predicted molar refractivity (Wildman–Crippen MR) is 55.4 cm³/mol. The van der Waals surface area contributed by atoms with Gasteiger partial charge in [0.05, 0.1) is 18.9 Å². The van der Waals surface area contributed by atoms with Gasteiger partial charge in [0.15, 0.2) is 5.76 Å². The molecule has 6 heteroatoms. The number of carboxylic acid groups (broad SMARTS) is 1. The molecule has 0 atom stereocenters. The van der Waals surface area contributed by atoms with Crippen molar-refractivity contribution in [1.29, 1.82) is 0 Å². The van der Waals surface area contributed by atoms with Crippen LogP contribution < -0.4 is 4.74 Å². The second-order valence-electron chi connectivity index (χ2n) is 3.22. The number of benzene rings is 1. The first-order chi connectivity index (χ1) is 8.13. The minimum atomic E-state index is -1.20. The lowest BCUT2D eigenvalue weighted by molar-refractivity contribution is 0.0697. The number of ether oxygens (including phenoxy) is 1. The first kappa shape index (κ1) is 11.1. The molecule has 1 heterocycles. The average Bonchev–Trinajstić information content (AvgIpc) is 2.77. The van der Waals surface area contributed by atoms with Crippen molar-refractivity contribution in [3.63, 3.8) is 0 Å². The number of hydrogen-bond acceptors (Lipinski definition) is 4. The maximum Gasteiger partial charge on any atom is 0.341 e. The lowest BCUT2D eigenvalue weighted by atomic mass is 10.1. The van der Waals surface area contributed by atoms with Gasteiger partial charge < -0.3 is 14.4 Å². The number of methoxy groups -OCH3 is 1. The second-order valence-corrected chi connectivity index (χ2v) is 3.22. The average molecular weight is 237 g/mol. The zero-order valence-corrected chi connectivity index (χ0v) is 8.81. The Morgan fingerprint density at radius 1 is 1.53 bits per heavy atom. The molecular weight excluding hydrogens is 229 g/mol. The fraction of sp³-hybridized carbons (Fsp3) is 0.0909. The van der Waals surface area contributed by atoms with Crippen LogP contribution in [0.2, 0.25) is 0 Å². The van der Waals surface area contributed by atoms with E-state index in [1.54, 1.807) is 0 Å². The molecule has 0 amide bonds. The Kier molecular flexibility index (Phi) is 2.78. The van der Waals surface area contributed by atoms with E-state index in [1.807, 2.05) is 0 Å². The van der Waals surface area contributed by atoms with Crippen LogP contribution in [0, 0.1) is 5.82 Å². The number of nitrogens with zero attached hydrogens (tertiary/aromatic N) is 1. The van der Waals surface area contributed by atoms with Crippen LogP contribution >= 0.6 is 0 Å². The zero-order valence-electron chi connectivity index (χ0n) is 8.81. The van der Waals surface area contributed by atoms with E-state index < -0.39 is 11.8 Å². The van der Waals surface area contributed by atoms with Gasteiger partial charge >= 0.3 is 5.97 Å². The zero-order chi connectivity index (χ0) is 12.4. The quantitative estimate of drug-likeness (QED) is 0.885. The van der Waals surface area contributed by atoms with Crippen LogP contribution in [0.3, 0.4) is 0 Å².